The largest absolute Gasteiger partial charge is 0.453 e. The number of hydrogen-bond donors (Lipinski definition) is 3. The Morgan fingerprint density at radius 2 is 1.32 bits per heavy atom. The molecule has 0 aliphatic carbocycles. The minimum Gasteiger partial charge on any atom is -0.453 e. The lowest BCUT2D eigenvalue weighted by molar-refractivity contribution is -0.135. The van der Waals surface area contributed by atoms with Gasteiger partial charge < -0.3 is 39.6 Å². The second-order valence-electron chi connectivity index (χ2n) is 18.5. The molecule has 2 aromatic heterocycles. The summed E-state index contributed by atoms with van der Waals surface area (Å²) in [4.78, 5) is 64.8. The zero-order chi connectivity index (χ0) is 43.2. The van der Waals surface area contributed by atoms with Crippen LogP contribution in [0.25, 0.3) is 22.1 Å². The van der Waals surface area contributed by atoms with E-state index in [2.05, 4.69) is 75.3 Å². The van der Waals surface area contributed by atoms with Crippen LogP contribution in [0.1, 0.15) is 132 Å². The van der Waals surface area contributed by atoms with E-state index < -0.39 is 12.1 Å². The average molecular weight is 846 g/mol. The van der Waals surface area contributed by atoms with Crippen molar-refractivity contribution in [3.05, 3.63) is 83.2 Å². The molecule has 4 fully saturated rings. The van der Waals surface area contributed by atoms with Crippen molar-refractivity contribution in [2.24, 2.45) is 11.8 Å². The molecule has 5 atom stereocenters. The number of methoxy groups -OCH3 is 1. The zero-order valence-electron chi connectivity index (χ0n) is 36.6. The molecule has 0 bridgehead atoms. The molecular weight excluding hydrogens is 786 g/mol. The third kappa shape index (κ3) is 7.96. The van der Waals surface area contributed by atoms with Gasteiger partial charge in [0.2, 0.25) is 11.8 Å². The molecule has 0 spiro atoms. The van der Waals surface area contributed by atoms with E-state index in [1.54, 1.807) is 6.07 Å². The molecule has 62 heavy (non-hydrogen) atoms. The van der Waals surface area contributed by atoms with Crippen LogP contribution >= 0.6 is 0 Å². The number of aromatic nitrogens is 4. The van der Waals surface area contributed by atoms with Crippen molar-refractivity contribution in [2.45, 2.75) is 116 Å². The van der Waals surface area contributed by atoms with Crippen molar-refractivity contribution >= 4 is 51.3 Å². The molecule has 0 saturated carbocycles. The second kappa shape index (κ2) is 17.2. The summed E-state index contributed by atoms with van der Waals surface area (Å²) in [6.07, 6.45) is 7.19. The number of nitrogens with zero attached hydrogens (tertiary/aromatic N) is 6. The molecule has 328 valence electrons. The number of alkyl carbamates (subject to hydrolysis) is 1. The highest BCUT2D eigenvalue weighted by Crippen LogP contribution is 2.48. The maximum Gasteiger partial charge on any atom is 0.407 e. The maximum absolute atomic E-state index is 16.2. The predicted octanol–water partition coefficient (Wildman–Crippen LogP) is 9.02. The SMILES string of the molecule is COC(=O)N[C@H](C(=O)N1CCC[C@H]1c1nc2ccc([C@H]3CC[C@H](c4ccc5nc([C@@H]6CCCN6C(=O)CC(C)C)[nH]c5c4)N3c3ccc(N4CCCC4)c(F)c3)cc2[nH]1)C(C)C. The van der Waals surface area contributed by atoms with Gasteiger partial charge in [0.1, 0.15) is 23.5 Å². The first-order valence-electron chi connectivity index (χ1n) is 22.7. The monoisotopic (exact) mass is 845 g/mol. The number of likely N-dealkylation sites (tertiary alicyclic amines) is 2. The number of H-pyrrole nitrogens is 2. The van der Waals surface area contributed by atoms with E-state index in [1.807, 2.05) is 35.8 Å². The van der Waals surface area contributed by atoms with E-state index in [1.165, 1.54) is 7.11 Å². The Hall–Kier alpha value is -5.66. The van der Waals surface area contributed by atoms with Crippen LogP contribution in [0, 0.1) is 17.7 Å². The van der Waals surface area contributed by atoms with Gasteiger partial charge in [0.05, 0.1) is 59.0 Å². The Bertz CT molecular complexity index is 2460. The van der Waals surface area contributed by atoms with Gasteiger partial charge in [-0.2, -0.15) is 0 Å². The molecule has 14 heteroatoms. The number of fused-ring (bicyclic) bond motifs is 2. The molecule has 4 saturated heterocycles. The highest BCUT2D eigenvalue weighted by molar-refractivity contribution is 5.87. The Balaban J connectivity index is 1.03. The Morgan fingerprint density at radius 3 is 1.87 bits per heavy atom. The van der Waals surface area contributed by atoms with E-state index in [0.717, 1.165) is 122 Å². The number of aromatic amines is 2. The Morgan fingerprint density at radius 1 is 0.742 bits per heavy atom. The number of amides is 3. The fraction of sp³-hybridized carbons (Fsp3) is 0.521. The highest BCUT2D eigenvalue weighted by Gasteiger charge is 2.40. The number of hydrogen-bond acceptors (Lipinski definition) is 8. The van der Waals surface area contributed by atoms with Crippen molar-refractivity contribution in [1.29, 1.82) is 0 Å². The second-order valence-corrected chi connectivity index (χ2v) is 18.5. The number of anilines is 2. The summed E-state index contributed by atoms with van der Waals surface area (Å²) in [5.41, 5.74) is 7.20. The van der Waals surface area contributed by atoms with Crippen molar-refractivity contribution in [1.82, 2.24) is 35.1 Å². The third-order valence-corrected chi connectivity index (χ3v) is 13.6. The number of carbonyl (C=O) groups is 3. The van der Waals surface area contributed by atoms with Gasteiger partial charge in [-0.25, -0.2) is 19.2 Å². The molecule has 4 aliphatic heterocycles. The lowest BCUT2D eigenvalue weighted by Gasteiger charge is -2.34. The Kier molecular flexibility index (Phi) is 11.6. The number of halogens is 1. The van der Waals surface area contributed by atoms with Crippen molar-refractivity contribution in [3.63, 3.8) is 0 Å². The summed E-state index contributed by atoms with van der Waals surface area (Å²) in [7, 11) is 1.30. The minimum absolute atomic E-state index is 0.0395. The summed E-state index contributed by atoms with van der Waals surface area (Å²) in [5, 5.41) is 2.73. The van der Waals surface area contributed by atoms with Crippen LogP contribution < -0.4 is 15.1 Å². The van der Waals surface area contributed by atoms with E-state index >= 15 is 4.39 Å². The van der Waals surface area contributed by atoms with Crippen LogP contribution in [0.4, 0.5) is 20.6 Å². The summed E-state index contributed by atoms with van der Waals surface area (Å²) in [6.45, 7) is 11.0. The number of imidazole rings is 2. The van der Waals surface area contributed by atoms with E-state index in [9.17, 15) is 14.4 Å². The zero-order valence-corrected chi connectivity index (χ0v) is 36.6. The fourth-order valence-electron chi connectivity index (χ4n) is 10.5. The minimum atomic E-state index is -0.714. The highest BCUT2D eigenvalue weighted by atomic mass is 19.1. The molecule has 6 heterocycles. The molecule has 9 rings (SSSR count). The molecule has 0 radical (unpaired) electrons. The lowest BCUT2D eigenvalue weighted by atomic mass is 10.0. The van der Waals surface area contributed by atoms with Crippen molar-refractivity contribution in [3.8, 4) is 0 Å². The first kappa shape index (κ1) is 41.7. The first-order valence-corrected chi connectivity index (χ1v) is 22.7. The molecule has 5 aromatic rings. The van der Waals surface area contributed by atoms with E-state index in [-0.39, 0.29) is 47.7 Å². The molecule has 13 nitrogen and oxygen atoms in total. The number of nitrogens with one attached hydrogen (secondary N) is 3. The molecule has 3 aromatic carbocycles. The smallest absolute Gasteiger partial charge is 0.407 e. The van der Waals surface area contributed by atoms with Gasteiger partial charge in [-0.1, -0.05) is 39.8 Å². The Labute approximate surface area is 362 Å². The van der Waals surface area contributed by atoms with E-state index in [4.69, 9.17) is 14.7 Å². The number of ether oxygens (including phenoxy) is 1. The maximum atomic E-state index is 16.2. The fourth-order valence-corrected chi connectivity index (χ4v) is 10.5. The van der Waals surface area contributed by atoms with Gasteiger partial charge in [-0.3, -0.25) is 9.59 Å². The van der Waals surface area contributed by atoms with E-state index in [0.29, 0.717) is 24.6 Å². The molecule has 3 N–H and O–H groups in total. The summed E-state index contributed by atoms with van der Waals surface area (Å²) >= 11 is 0. The summed E-state index contributed by atoms with van der Waals surface area (Å²) in [6, 6.07) is 17.4. The van der Waals surface area contributed by atoms with Crippen LogP contribution in [0.5, 0.6) is 0 Å². The average Bonchev–Trinajstić information content (AvgIpc) is 4.11. The third-order valence-electron chi connectivity index (χ3n) is 13.6. The molecular formula is C48H60FN9O4. The van der Waals surface area contributed by atoms with Crippen LogP contribution in [0.3, 0.4) is 0 Å². The normalized spacial score (nSPS) is 22.3. The number of rotatable bonds is 11. The predicted molar refractivity (Wildman–Crippen MR) is 238 cm³/mol. The van der Waals surface area contributed by atoms with Gasteiger partial charge in [-0.05, 0) is 117 Å². The number of benzene rings is 3. The van der Waals surface area contributed by atoms with Crippen molar-refractivity contribution in [2.75, 3.05) is 43.1 Å². The van der Waals surface area contributed by atoms with Crippen LogP contribution in [-0.4, -0.2) is 87.0 Å². The summed E-state index contributed by atoms with van der Waals surface area (Å²) < 4.78 is 21.0. The van der Waals surface area contributed by atoms with Crippen LogP contribution in [0.15, 0.2) is 54.6 Å². The van der Waals surface area contributed by atoms with Gasteiger partial charge >= 0.3 is 6.09 Å². The van der Waals surface area contributed by atoms with Crippen LogP contribution in [-0.2, 0) is 14.3 Å². The van der Waals surface area contributed by atoms with Crippen molar-refractivity contribution < 1.29 is 23.5 Å². The van der Waals surface area contributed by atoms with Gasteiger partial charge in [0.25, 0.3) is 0 Å². The number of carbonyl (C=O) groups excluding carboxylic acids is 3. The van der Waals surface area contributed by atoms with Gasteiger partial charge in [0, 0.05) is 38.3 Å². The molecule has 3 amide bonds. The first-order chi connectivity index (χ1) is 30.0. The molecule has 4 aliphatic rings. The quantitative estimate of drug-likeness (QED) is 0.120. The summed E-state index contributed by atoms with van der Waals surface area (Å²) in [5.74, 6) is 1.56. The topological polar surface area (TPSA) is 143 Å². The molecule has 0 unspecified atom stereocenters. The van der Waals surface area contributed by atoms with Gasteiger partial charge in [0.15, 0.2) is 0 Å². The lowest BCUT2D eigenvalue weighted by Crippen LogP contribution is -2.51. The van der Waals surface area contributed by atoms with Gasteiger partial charge in [-0.15, -0.1) is 0 Å². The van der Waals surface area contributed by atoms with Crippen LogP contribution in [0.2, 0.25) is 0 Å². The standard InChI is InChI=1S/C48H60FN9O4/c1-28(2)24-43(59)56-22-8-10-41(56)45-50-34-15-12-30(25-36(34)52-45)38-18-19-39(58(38)32-14-17-40(33(49)27-32)55-20-6-7-21-55)31-13-16-35-37(26-31)53-46(51-35)42-11-9-23-57(42)47(60)44(29(3)4)54-48(61)62-5/h12-17,25-29,38-39,41-42,44H,6-11,18-24H2,1-5H3,(H,50,52)(H,51,53)(H,54,61)/t38-,39-,41+,42+,44+/m1/s1.